The van der Waals surface area contributed by atoms with E-state index in [9.17, 15) is 0 Å². The maximum Gasteiger partial charge on any atom is 0.115 e. The molecule has 2 aromatic rings. The topological polar surface area (TPSA) is 25.8 Å². The van der Waals surface area contributed by atoms with Crippen LogP contribution in [0, 0.1) is 12.3 Å². The average Bonchev–Trinajstić information content (AvgIpc) is 2.66. The fourth-order valence-corrected chi connectivity index (χ4v) is 2.82. The van der Waals surface area contributed by atoms with Crippen molar-refractivity contribution in [1.82, 2.24) is 9.97 Å². The first-order valence-electron chi connectivity index (χ1n) is 4.66. The summed E-state index contributed by atoms with van der Waals surface area (Å²) in [5.74, 6) is 0. The van der Waals surface area contributed by atoms with Gasteiger partial charge in [0.15, 0.2) is 0 Å². The van der Waals surface area contributed by atoms with E-state index < -0.39 is 0 Å². The molecular formula is C11H9N2SY-. The summed E-state index contributed by atoms with van der Waals surface area (Å²) in [4.78, 5) is 9.89. The molecule has 0 bridgehead atoms. The van der Waals surface area contributed by atoms with Crippen LogP contribution < -0.4 is 0 Å². The van der Waals surface area contributed by atoms with Gasteiger partial charge >= 0.3 is 0 Å². The van der Waals surface area contributed by atoms with Crippen LogP contribution in [0.5, 0.6) is 0 Å². The van der Waals surface area contributed by atoms with E-state index in [4.69, 9.17) is 0 Å². The summed E-state index contributed by atoms with van der Waals surface area (Å²) >= 11 is 1.66. The van der Waals surface area contributed by atoms with Crippen molar-refractivity contribution < 1.29 is 32.7 Å². The third-order valence-corrected chi connectivity index (χ3v) is 3.60. The number of thiophene rings is 1. The van der Waals surface area contributed by atoms with E-state index in [1.165, 1.54) is 16.0 Å². The van der Waals surface area contributed by atoms with E-state index in [0.29, 0.717) is 0 Å². The van der Waals surface area contributed by atoms with Crippen LogP contribution in [-0.4, -0.2) is 9.97 Å². The van der Waals surface area contributed by atoms with Gasteiger partial charge in [0.25, 0.3) is 0 Å². The third kappa shape index (κ3) is 1.81. The standard InChI is InChI=1S/C11H9N2S.Y/c1-7-9-3-2-8-4-5-14-11(8)10(9)13-6-12-7;/h4,6H,2-3H2,1H3;/q-1;. The van der Waals surface area contributed by atoms with Crippen LogP contribution >= 0.6 is 11.3 Å². The van der Waals surface area contributed by atoms with Crippen LogP contribution in [0.3, 0.4) is 0 Å². The van der Waals surface area contributed by atoms with Crippen molar-refractivity contribution in [3.63, 3.8) is 0 Å². The minimum atomic E-state index is 0. The molecule has 0 atom stereocenters. The summed E-state index contributed by atoms with van der Waals surface area (Å²) < 4.78 is 0. The maximum atomic E-state index is 4.37. The van der Waals surface area contributed by atoms with Crippen LogP contribution in [0.4, 0.5) is 0 Å². The fraction of sp³-hybridized carbons (Fsp3) is 0.273. The summed E-state index contributed by atoms with van der Waals surface area (Å²) in [5, 5.41) is 3.18. The molecule has 1 aliphatic carbocycles. The van der Waals surface area contributed by atoms with Crippen molar-refractivity contribution in [2.75, 3.05) is 0 Å². The molecule has 1 aliphatic rings. The van der Waals surface area contributed by atoms with E-state index in [1.54, 1.807) is 17.7 Å². The minimum absolute atomic E-state index is 0. The van der Waals surface area contributed by atoms with Crippen LogP contribution in [0.1, 0.15) is 16.8 Å². The largest absolute Gasteiger partial charge is 0.294 e. The summed E-state index contributed by atoms with van der Waals surface area (Å²) in [7, 11) is 0. The predicted molar refractivity (Wildman–Crippen MR) is 56.3 cm³/mol. The zero-order valence-corrected chi connectivity index (χ0v) is 12.1. The van der Waals surface area contributed by atoms with Gasteiger partial charge in [0.05, 0.1) is 0 Å². The van der Waals surface area contributed by atoms with Gasteiger partial charge in [-0.25, -0.2) is 9.97 Å². The van der Waals surface area contributed by atoms with Crippen molar-refractivity contribution >= 4 is 11.3 Å². The van der Waals surface area contributed by atoms with Gasteiger partial charge < -0.3 is 0 Å². The Morgan fingerprint density at radius 1 is 1.33 bits per heavy atom. The van der Waals surface area contributed by atoms with Crippen LogP contribution in [0.15, 0.2) is 12.4 Å². The molecule has 15 heavy (non-hydrogen) atoms. The van der Waals surface area contributed by atoms with Crippen molar-refractivity contribution in [3.8, 4) is 10.6 Å². The molecule has 0 aromatic carbocycles. The molecule has 73 valence electrons. The number of rotatable bonds is 0. The number of fused-ring (bicyclic) bond motifs is 3. The molecule has 0 aliphatic heterocycles. The number of hydrogen-bond acceptors (Lipinski definition) is 3. The van der Waals surface area contributed by atoms with Gasteiger partial charge in [0.2, 0.25) is 0 Å². The second kappa shape index (κ2) is 4.40. The third-order valence-electron chi connectivity index (χ3n) is 2.71. The molecule has 0 saturated carbocycles. The van der Waals surface area contributed by atoms with Gasteiger partial charge in [-0.1, -0.05) is 11.3 Å². The first-order valence-corrected chi connectivity index (χ1v) is 5.47. The quantitative estimate of drug-likeness (QED) is 0.696. The second-order valence-corrected chi connectivity index (χ2v) is 4.35. The maximum absolute atomic E-state index is 4.37. The molecule has 0 unspecified atom stereocenters. The summed E-state index contributed by atoms with van der Waals surface area (Å²) in [6, 6.07) is 2.08. The Balaban J connectivity index is 0.000000853. The predicted octanol–water partition coefficient (Wildman–Crippen LogP) is 2.41. The fourth-order valence-electron chi connectivity index (χ4n) is 1.93. The van der Waals surface area contributed by atoms with Crippen molar-refractivity contribution in [3.05, 3.63) is 34.6 Å². The Labute approximate surface area is 118 Å². The molecule has 1 radical (unpaired) electrons. The molecule has 0 N–H and O–H groups in total. The van der Waals surface area contributed by atoms with Gasteiger partial charge in [0, 0.05) is 44.1 Å². The van der Waals surface area contributed by atoms with Gasteiger partial charge in [-0.3, -0.25) is 11.3 Å². The Morgan fingerprint density at radius 2 is 2.20 bits per heavy atom. The monoisotopic (exact) mass is 290 g/mol. The average molecular weight is 290 g/mol. The van der Waals surface area contributed by atoms with Crippen LogP contribution in [0.25, 0.3) is 10.6 Å². The summed E-state index contributed by atoms with van der Waals surface area (Å²) in [6.07, 6.45) is 3.83. The number of aryl methyl sites for hydroxylation is 2. The first-order chi connectivity index (χ1) is 6.86. The van der Waals surface area contributed by atoms with E-state index in [-0.39, 0.29) is 32.7 Å². The molecule has 0 saturated heterocycles. The first kappa shape index (κ1) is 11.4. The molecule has 0 spiro atoms. The van der Waals surface area contributed by atoms with Crippen LogP contribution in [0.2, 0.25) is 0 Å². The molecule has 0 fully saturated rings. The second-order valence-electron chi connectivity index (χ2n) is 3.50. The molecule has 0 amide bonds. The Morgan fingerprint density at radius 3 is 3.07 bits per heavy atom. The number of aromatic nitrogens is 2. The van der Waals surface area contributed by atoms with E-state index >= 15 is 0 Å². The molecular weight excluding hydrogens is 281 g/mol. The van der Waals surface area contributed by atoms with Gasteiger partial charge in [0.1, 0.15) is 6.33 Å². The summed E-state index contributed by atoms with van der Waals surface area (Å²) in [5.41, 5.74) is 4.95. The number of nitrogens with zero attached hydrogens (tertiary/aromatic N) is 2. The molecule has 2 aromatic heterocycles. The zero-order valence-electron chi connectivity index (χ0n) is 8.45. The summed E-state index contributed by atoms with van der Waals surface area (Å²) in [6.45, 7) is 2.06. The SMILES string of the molecule is Cc1ncnc2c1CCc1c[c-]sc1-2.[Y]. The normalized spacial score (nSPS) is 12.6. The Bertz CT molecular complexity index is 493. The van der Waals surface area contributed by atoms with E-state index in [1.807, 2.05) is 0 Å². The van der Waals surface area contributed by atoms with Gasteiger partial charge in [-0.2, -0.15) is 11.6 Å². The molecule has 2 nitrogen and oxygen atoms in total. The van der Waals surface area contributed by atoms with Gasteiger partial charge in [-0.15, -0.1) is 5.38 Å². The Hall–Kier alpha value is -0.116. The van der Waals surface area contributed by atoms with Crippen LogP contribution in [-0.2, 0) is 45.6 Å². The smallest absolute Gasteiger partial charge is 0.115 e. The van der Waals surface area contributed by atoms with Crippen molar-refractivity contribution in [1.29, 1.82) is 0 Å². The molecule has 4 heteroatoms. The van der Waals surface area contributed by atoms with E-state index in [0.717, 1.165) is 24.2 Å². The van der Waals surface area contributed by atoms with Crippen molar-refractivity contribution in [2.45, 2.75) is 19.8 Å². The molecule has 3 rings (SSSR count). The zero-order chi connectivity index (χ0) is 9.54. The number of hydrogen-bond donors (Lipinski definition) is 0. The van der Waals surface area contributed by atoms with Gasteiger partial charge in [-0.05, 0) is 18.9 Å². The molecule has 2 heterocycles. The Kier molecular flexibility index (Phi) is 3.34. The van der Waals surface area contributed by atoms with Crippen molar-refractivity contribution in [2.24, 2.45) is 0 Å². The minimum Gasteiger partial charge on any atom is -0.294 e. The van der Waals surface area contributed by atoms with E-state index in [2.05, 4.69) is 28.3 Å².